The minimum absolute atomic E-state index is 0.120. The number of hydrogen-bond donors (Lipinski definition) is 1. The fourth-order valence-corrected chi connectivity index (χ4v) is 2.73. The van der Waals surface area contributed by atoms with Crippen molar-refractivity contribution in [1.29, 1.82) is 0 Å². The second kappa shape index (κ2) is 5.98. The van der Waals surface area contributed by atoms with Crippen LogP contribution in [-0.4, -0.2) is 23.3 Å². The summed E-state index contributed by atoms with van der Waals surface area (Å²) in [6.07, 6.45) is 2.43. The number of likely N-dealkylation sites (tertiary alicyclic amines) is 1. The Labute approximate surface area is 126 Å². The Balaban J connectivity index is 2.06. The van der Waals surface area contributed by atoms with Gasteiger partial charge >= 0.3 is 0 Å². The van der Waals surface area contributed by atoms with Crippen LogP contribution in [0, 0.1) is 5.41 Å². The van der Waals surface area contributed by atoms with Gasteiger partial charge in [0.25, 0.3) is 0 Å². The lowest BCUT2D eigenvalue weighted by Crippen LogP contribution is -2.38. The van der Waals surface area contributed by atoms with Crippen LogP contribution in [0.5, 0.6) is 0 Å². The van der Waals surface area contributed by atoms with Crippen LogP contribution in [0.2, 0.25) is 0 Å². The van der Waals surface area contributed by atoms with E-state index in [9.17, 15) is 9.59 Å². The molecule has 1 aromatic carbocycles. The van der Waals surface area contributed by atoms with Crippen molar-refractivity contribution in [2.24, 2.45) is 11.1 Å². The maximum atomic E-state index is 12.2. The molecule has 0 spiro atoms. The molecule has 0 saturated carbocycles. The summed E-state index contributed by atoms with van der Waals surface area (Å²) < 4.78 is 0. The summed E-state index contributed by atoms with van der Waals surface area (Å²) >= 11 is 0. The number of rotatable bonds is 5. The monoisotopic (exact) mass is 288 g/mol. The molecular formula is C17H24N2O2. The highest BCUT2D eigenvalue weighted by Crippen LogP contribution is 2.32. The first-order valence-corrected chi connectivity index (χ1v) is 7.54. The van der Waals surface area contributed by atoms with Gasteiger partial charge in [0.05, 0.1) is 5.41 Å². The first kappa shape index (κ1) is 15.7. The molecule has 1 fully saturated rings. The Bertz CT molecular complexity index is 534. The predicted molar refractivity (Wildman–Crippen MR) is 82.5 cm³/mol. The topological polar surface area (TPSA) is 63.4 Å². The zero-order valence-corrected chi connectivity index (χ0v) is 13.1. The molecule has 21 heavy (non-hydrogen) atoms. The van der Waals surface area contributed by atoms with Gasteiger partial charge in [-0.3, -0.25) is 14.5 Å². The van der Waals surface area contributed by atoms with E-state index in [0.29, 0.717) is 0 Å². The molecule has 1 saturated heterocycles. The van der Waals surface area contributed by atoms with E-state index in [4.69, 9.17) is 5.73 Å². The van der Waals surface area contributed by atoms with Crippen molar-refractivity contribution in [2.75, 3.05) is 6.54 Å². The average molecular weight is 288 g/mol. The quantitative estimate of drug-likeness (QED) is 0.846. The largest absolute Gasteiger partial charge is 0.322 e. The second-order valence-corrected chi connectivity index (χ2v) is 6.47. The lowest BCUT2D eigenvalue weighted by molar-refractivity contribution is -0.141. The highest BCUT2D eigenvalue weighted by molar-refractivity contribution is 6.05. The molecule has 2 amide bonds. The normalized spacial score (nSPS) is 19.1. The van der Waals surface area contributed by atoms with Crippen LogP contribution in [0.4, 0.5) is 0 Å². The summed E-state index contributed by atoms with van der Waals surface area (Å²) in [5, 5.41) is 0. The summed E-state index contributed by atoms with van der Waals surface area (Å²) in [6, 6.07) is 7.78. The molecule has 1 aliphatic rings. The van der Waals surface area contributed by atoms with Crippen LogP contribution >= 0.6 is 0 Å². The smallest absolute Gasteiger partial charge is 0.235 e. The van der Waals surface area contributed by atoms with E-state index in [-0.39, 0.29) is 30.8 Å². The molecule has 0 aliphatic carbocycles. The third-order valence-electron chi connectivity index (χ3n) is 4.04. The summed E-state index contributed by atoms with van der Waals surface area (Å²) in [4.78, 5) is 25.5. The molecule has 1 heterocycles. The molecule has 1 atom stereocenters. The Morgan fingerprint density at radius 2 is 1.86 bits per heavy atom. The van der Waals surface area contributed by atoms with E-state index in [0.717, 1.165) is 18.4 Å². The van der Waals surface area contributed by atoms with Crippen LogP contribution in [0.1, 0.15) is 50.8 Å². The zero-order chi connectivity index (χ0) is 15.6. The number of aryl methyl sites for hydroxylation is 1. The number of hydrogen-bond acceptors (Lipinski definition) is 3. The van der Waals surface area contributed by atoms with E-state index < -0.39 is 5.41 Å². The number of nitrogens with two attached hydrogens (primary N) is 1. The van der Waals surface area contributed by atoms with Crippen molar-refractivity contribution >= 4 is 11.8 Å². The van der Waals surface area contributed by atoms with Gasteiger partial charge in [0.2, 0.25) is 11.8 Å². The average Bonchev–Trinajstić information content (AvgIpc) is 2.62. The van der Waals surface area contributed by atoms with E-state index in [2.05, 4.69) is 19.1 Å². The maximum Gasteiger partial charge on any atom is 0.235 e. The van der Waals surface area contributed by atoms with Crippen LogP contribution in [0.3, 0.4) is 0 Å². The molecule has 0 radical (unpaired) electrons. The van der Waals surface area contributed by atoms with E-state index >= 15 is 0 Å². The van der Waals surface area contributed by atoms with Gasteiger partial charge in [0.15, 0.2) is 0 Å². The van der Waals surface area contributed by atoms with Gasteiger partial charge in [-0.15, -0.1) is 0 Å². The Hall–Kier alpha value is -1.68. The SMILES string of the molecule is CCCc1ccc(C(N)CN2C(=O)CC(C)(C)C2=O)cc1. The van der Waals surface area contributed by atoms with Gasteiger partial charge in [0.1, 0.15) is 0 Å². The maximum absolute atomic E-state index is 12.2. The van der Waals surface area contributed by atoms with Crippen molar-refractivity contribution in [3.8, 4) is 0 Å². The van der Waals surface area contributed by atoms with Crippen LogP contribution in [0.25, 0.3) is 0 Å². The Morgan fingerprint density at radius 1 is 1.24 bits per heavy atom. The van der Waals surface area contributed by atoms with Crippen molar-refractivity contribution < 1.29 is 9.59 Å². The zero-order valence-electron chi connectivity index (χ0n) is 13.1. The van der Waals surface area contributed by atoms with Gasteiger partial charge in [-0.05, 0) is 17.5 Å². The van der Waals surface area contributed by atoms with Crippen LogP contribution < -0.4 is 5.73 Å². The predicted octanol–water partition coefficient (Wildman–Crippen LogP) is 2.42. The second-order valence-electron chi connectivity index (χ2n) is 6.47. The first-order chi connectivity index (χ1) is 9.85. The molecule has 0 bridgehead atoms. The summed E-state index contributed by atoms with van der Waals surface area (Å²) in [6.45, 7) is 6.01. The minimum Gasteiger partial charge on any atom is -0.322 e. The standard InChI is InChI=1S/C17H24N2O2/c1-4-5-12-6-8-13(9-7-12)14(18)11-19-15(20)10-17(2,3)16(19)21/h6-9,14H,4-5,10-11,18H2,1-3H3. The van der Waals surface area contributed by atoms with Gasteiger partial charge in [0, 0.05) is 19.0 Å². The third kappa shape index (κ3) is 3.32. The number of nitrogens with zero attached hydrogens (tertiary/aromatic N) is 1. The number of imide groups is 1. The van der Waals surface area contributed by atoms with Gasteiger partial charge in [-0.2, -0.15) is 0 Å². The molecule has 2 N–H and O–H groups in total. The molecule has 4 heteroatoms. The number of amides is 2. The molecule has 1 unspecified atom stereocenters. The van der Waals surface area contributed by atoms with Crippen LogP contribution in [-0.2, 0) is 16.0 Å². The van der Waals surface area contributed by atoms with Crippen molar-refractivity contribution in [3.05, 3.63) is 35.4 Å². The van der Waals surface area contributed by atoms with Gasteiger partial charge < -0.3 is 5.73 Å². The summed E-state index contributed by atoms with van der Waals surface area (Å²) in [7, 11) is 0. The van der Waals surface area contributed by atoms with Gasteiger partial charge in [-0.25, -0.2) is 0 Å². The molecule has 1 aliphatic heterocycles. The summed E-state index contributed by atoms with van der Waals surface area (Å²) in [5.74, 6) is -0.242. The molecular weight excluding hydrogens is 264 g/mol. The fourth-order valence-electron chi connectivity index (χ4n) is 2.73. The van der Waals surface area contributed by atoms with E-state index in [1.807, 2.05) is 12.1 Å². The Morgan fingerprint density at radius 3 is 2.33 bits per heavy atom. The van der Waals surface area contributed by atoms with E-state index in [1.54, 1.807) is 13.8 Å². The summed E-state index contributed by atoms with van der Waals surface area (Å²) in [5.41, 5.74) is 7.81. The molecule has 1 aromatic rings. The fraction of sp³-hybridized carbons (Fsp3) is 0.529. The van der Waals surface area contributed by atoms with Crippen molar-refractivity contribution in [3.63, 3.8) is 0 Å². The lowest BCUT2D eigenvalue weighted by Gasteiger charge is -2.21. The Kier molecular flexibility index (Phi) is 4.47. The number of carbonyl (C=O) groups excluding carboxylic acids is 2. The molecule has 2 rings (SSSR count). The first-order valence-electron chi connectivity index (χ1n) is 7.54. The highest BCUT2D eigenvalue weighted by atomic mass is 16.2. The van der Waals surface area contributed by atoms with Gasteiger partial charge in [-0.1, -0.05) is 51.5 Å². The number of benzene rings is 1. The van der Waals surface area contributed by atoms with Crippen LogP contribution in [0.15, 0.2) is 24.3 Å². The number of carbonyl (C=O) groups is 2. The van der Waals surface area contributed by atoms with Crippen molar-refractivity contribution in [1.82, 2.24) is 4.90 Å². The third-order valence-corrected chi connectivity index (χ3v) is 4.04. The molecule has 114 valence electrons. The van der Waals surface area contributed by atoms with E-state index in [1.165, 1.54) is 10.5 Å². The molecule has 0 aromatic heterocycles. The van der Waals surface area contributed by atoms with Crippen molar-refractivity contribution in [2.45, 2.75) is 46.1 Å². The minimum atomic E-state index is -0.595. The highest BCUT2D eigenvalue weighted by Gasteiger charge is 2.44. The molecule has 4 nitrogen and oxygen atoms in total. The lowest BCUT2D eigenvalue weighted by atomic mass is 9.92.